The van der Waals surface area contributed by atoms with Crippen LogP contribution in [0.25, 0.3) is 0 Å². The number of ether oxygens (including phenoxy) is 1. The topological polar surface area (TPSA) is 58.6 Å². The molecule has 148 valence electrons. The first-order valence-electron chi connectivity index (χ1n) is 9.20. The molecule has 0 saturated heterocycles. The van der Waals surface area contributed by atoms with Gasteiger partial charge in [0, 0.05) is 17.5 Å². The Hall–Kier alpha value is -2.24. The quantitative estimate of drug-likeness (QED) is 0.648. The minimum atomic E-state index is -0.838. The molecule has 0 radical (unpaired) electrons. The van der Waals surface area contributed by atoms with E-state index in [0.29, 0.717) is 34.4 Å². The van der Waals surface area contributed by atoms with E-state index in [1.54, 1.807) is 17.0 Å². The highest BCUT2D eigenvalue weighted by Crippen LogP contribution is 2.45. The Labute approximate surface area is 174 Å². The third kappa shape index (κ3) is 4.26. The third-order valence-corrected chi connectivity index (χ3v) is 5.20. The second-order valence-corrected chi connectivity index (χ2v) is 7.51. The van der Waals surface area contributed by atoms with Gasteiger partial charge in [-0.3, -0.25) is 9.59 Å². The molecule has 0 fully saturated rings. The van der Waals surface area contributed by atoms with E-state index in [-0.39, 0.29) is 11.8 Å². The molecule has 2 aromatic carbocycles. The lowest BCUT2D eigenvalue weighted by Gasteiger charge is -2.19. The molecule has 0 saturated carbocycles. The van der Waals surface area contributed by atoms with Crippen molar-refractivity contribution in [1.29, 1.82) is 0 Å². The van der Waals surface area contributed by atoms with Gasteiger partial charge in [0.15, 0.2) is 0 Å². The maximum Gasteiger partial charge on any atom is 0.254 e. The number of hydrogen-bond acceptors (Lipinski definition) is 3. The average Bonchev–Trinajstić information content (AvgIpc) is 2.93. The summed E-state index contributed by atoms with van der Waals surface area (Å²) < 4.78 is 5.68. The van der Waals surface area contributed by atoms with Gasteiger partial charge in [0.25, 0.3) is 5.91 Å². The van der Waals surface area contributed by atoms with Crippen molar-refractivity contribution in [2.75, 3.05) is 11.5 Å². The largest absolute Gasteiger partial charge is 0.494 e. The Kier molecular flexibility index (Phi) is 6.47. The molecule has 5 nitrogen and oxygen atoms in total. The number of amides is 2. The number of unbranched alkanes of at least 4 members (excludes halogenated alkanes) is 1. The molecule has 0 aromatic heterocycles. The fraction of sp³-hybridized carbons (Fsp3) is 0.333. The first kappa shape index (κ1) is 20.5. The van der Waals surface area contributed by atoms with Gasteiger partial charge in [-0.05, 0) is 36.2 Å². The van der Waals surface area contributed by atoms with Crippen LogP contribution in [0.15, 0.2) is 36.4 Å². The van der Waals surface area contributed by atoms with E-state index in [0.717, 1.165) is 24.2 Å². The van der Waals surface area contributed by atoms with Crippen molar-refractivity contribution in [3.63, 3.8) is 0 Å². The van der Waals surface area contributed by atoms with E-state index in [1.165, 1.54) is 6.92 Å². The van der Waals surface area contributed by atoms with Gasteiger partial charge >= 0.3 is 0 Å². The zero-order chi connectivity index (χ0) is 20.3. The van der Waals surface area contributed by atoms with Crippen molar-refractivity contribution >= 4 is 40.7 Å². The molecule has 0 bridgehead atoms. The van der Waals surface area contributed by atoms with Crippen molar-refractivity contribution in [1.82, 2.24) is 5.32 Å². The molecule has 1 N–H and O–H groups in total. The van der Waals surface area contributed by atoms with Gasteiger partial charge < -0.3 is 15.0 Å². The fourth-order valence-electron chi connectivity index (χ4n) is 3.20. The number of nitrogens with zero attached hydrogens (tertiary/aromatic N) is 1. The Balaban J connectivity index is 1.85. The van der Waals surface area contributed by atoms with Crippen molar-refractivity contribution < 1.29 is 14.3 Å². The monoisotopic (exact) mass is 420 g/mol. The molecule has 1 aliphatic heterocycles. The molecular weight excluding hydrogens is 399 g/mol. The summed E-state index contributed by atoms with van der Waals surface area (Å²) in [5, 5.41) is 3.49. The predicted molar refractivity (Wildman–Crippen MR) is 111 cm³/mol. The van der Waals surface area contributed by atoms with E-state index in [1.807, 2.05) is 24.3 Å². The maximum atomic E-state index is 13.0. The molecule has 7 heteroatoms. The maximum absolute atomic E-state index is 13.0. The van der Waals surface area contributed by atoms with Crippen LogP contribution in [0.1, 0.15) is 43.9 Å². The van der Waals surface area contributed by atoms with Crippen LogP contribution in [0.5, 0.6) is 5.75 Å². The van der Waals surface area contributed by atoms with Crippen LogP contribution in [0.3, 0.4) is 0 Å². The van der Waals surface area contributed by atoms with Crippen LogP contribution in [0.2, 0.25) is 10.0 Å². The molecule has 2 aromatic rings. The smallest absolute Gasteiger partial charge is 0.254 e. The Morgan fingerprint density at radius 2 is 1.82 bits per heavy atom. The molecule has 2 amide bonds. The van der Waals surface area contributed by atoms with Crippen molar-refractivity contribution in [2.45, 2.75) is 39.3 Å². The molecular formula is C21H22Cl2N2O3. The number of anilines is 1. The fourth-order valence-corrected chi connectivity index (χ4v) is 3.73. The number of fused-ring (bicyclic) bond motifs is 1. The molecule has 28 heavy (non-hydrogen) atoms. The predicted octanol–water partition coefficient (Wildman–Crippen LogP) is 4.90. The number of hydrogen-bond donors (Lipinski definition) is 1. The van der Waals surface area contributed by atoms with Crippen LogP contribution in [-0.4, -0.2) is 18.4 Å². The molecule has 1 atom stereocenters. The summed E-state index contributed by atoms with van der Waals surface area (Å²) in [5.74, 6) is 0.224. The SMILES string of the molecule is CCCCOc1ccc(CN2C(=O)[C@@H](NC(C)=O)c3c(Cl)ccc(Cl)c32)cc1. The van der Waals surface area contributed by atoms with Crippen LogP contribution >= 0.6 is 23.2 Å². The Morgan fingerprint density at radius 3 is 2.46 bits per heavy atom. The summed E-state index contributed by atoms with van der Waals surface area (Å²) in [4.78, 5) is 26.2. The summed E-state index contributed by atoms with van der Waals surface area (Å²) in [6.07, 6.45) is 2.08. The van der Waals surface area contributed by atoms with Gasteiger partial charge in [-0.2, -0.15) is 0 Å². The normalized spacial score (nSPS) is 15.5. The molecule has 0 unspecified atom stereocenters. The van der Waals surface area contributed by atoms with Crippen LogP contribution in [0.4, 0.5) is 5.69 Å². The lowest BCUT2D eigenvalue weighted by atomic mass is 10.1. The molecule has 0 aliphatic carbocycles. The number of halogens is 2. The van der Waals surface area contributed by atoms with Gasteiger partial charge in [0.2, 0.25) is 5.91 Å². The minimum Gasteiger partial charge on any atom is -0.494 e. The second kappa shape index (κ2) is 8.84. The number of carbonyl (C=O) groups is 2. The third-order valence-electron chi connectivity index (χ3n) is 4.56. The molecule has 0 spiro atoms. The van der Waals surface area contributed by atoms with Crippen LogP contribution in [0, 0.1) is 0 Å². The number of benzene rings is 2. The molecule has 1 heterocycles. The summed E-state index contributed by atoms with van der Waals surface area (Å²) in [5.41, 5.74) is 2.00. The zero-order valence-corrected chi connectivity index (χ0v) is 17.3. The Morgan fingerprint density at radius 1 is 1.14 bits per heavy atom. The van der Waals surface area contributed by atoms with Crippen LogP contribution < -0.4 is 15.0 Å². The van der Waals surface area contributed by atoms with Crippen molar-refractivity contribution in [2.24, 2.45) is 0 Å². The number of carbonyl (C=O) groups excluding carboxylic acids is 2. The Bertz CT molecular complexity index is 884. The lowest BCUT2D eigenvalue weighted by molar-refractivity contribution is -0.126. The minimum absolute atomic E-state index is 0.261. The van der Waals surface area contributed by atoms with Crippen LogP contribution in [-0.2, 0) is 16.1 Å². The summed E-state index contributed by atoms with van der Waals surface area (Å²) >= 11 is 12.7. The van der Waals surface area contributed by atoms with E-state index < -0.39 is 6.04 Å². The van der Waals surface area contributed by atoms with Gasteiger partial charge in [-0.15, -0.1) is 0 Å². The molecule has 1 aliphatic rings. The first-order chi connectivity index (χ1) is 13.4. The van der Waals surface area contributed by atoms with Gasteiger partial charge in [0.05, 0.1) is 23.9 Å². The summed E-state index contributed by atoms with van der Waals surface area (Å²) in [6, 6.07) is 10.1. The number of rotatable bonds is 7. The van der Waals surface area contributed by atoms with E-state index in [2.05, 4.69) is 12.2 Å². The van der Waals surface area contributed by atoms with Gasteiger partial charge in [-0.25, -0.2) is 0 Å². The zero-order valence-electron chi connectivity index (χ0n) is 15.8. The van der Waals surface area contributed by atoms with E-state index in [4.69, 9.17) is 27.9 Å². The van der Waals surface area contributed by atoms with Crippen molar-refractivity contribution in [3.8, 4) is 5.75 Å². The first-order valence-corrected chi connectivity index (χ1v) is 9.96. The van der Waals surface area contributed by atoms with E-state index >= 15 is 0 Å². The van der Waals surface area contributed by atoms with Gasteiger partial charge in [-0.1, -0.05) is 48.7 Å². The highest BCUT2D eigenvalue weighted by atomic mass is 35.5. The lowest BCUT2D eigenvalue weighted by Crippen LogP contribution is -2.36. The highest BCUT2D eigenvalue weighted by molar-refractivity contribution is 6.38. The summed E-state index contributed by atoms with van der Waals surface area (Å²) in [7, 11) is 0. The summed E-state index contributed by atoms with van der Waals surface area (Å²) in [6.45, 7) is 4.48. The average molecular weight is 421 g/mol. The van der Waals surface area contributed by atoms with Crippen molar-refractivity contribution in [3.05, 3.63) is 57.6 Å². The highest BCUT2D eigenvalue weighted by Gasteiger charge is 2.41. The van der Waals surface area contributed by atoms with Gasteiger partial charge in [0.1, 0.15) is 11.8 Å². The standard InChI is InChI=1S/C21H22Cl2N2O3/c1-3-4-11-28-15-7-5-14(6-8-15)12-25-20-17(23)10-9-16(22)18(20)19(21(25)27)24-13(2)26/h5-10,19H,3-4,11-12H2,1-2H3,(H,24,26)/t19-/m0/s1. The second-order valence-electron chi connectivity index (χ2n) is 6.70. The number of nitrogens with one attached hydrogen (secondary N) is 1. The molecule has 3 rings (SSSR count). The van der Waals surface area contributed by atoms with E-state index in [9.17, 15) is 9.59 Å².